The van der Waals surface area contributed by atoms with Crippen molar-refractivity contribution in [1.29, 1.82) is 0 Å². The Balaban J connectivity index is 4.68. The summed E-state index contributed by atoms with van der Waals surface area (Å²) in [6, 6.07) is 0. The fraction of sp³-hybridized carbons (Fsp3) is 0.833. The van der Waals surface area contributed by atoms with Crippen LogP contribution in [0.5, 0.6) is 0 Å². The average Bonchev–Trinajstić information content (AvgIpc) is 2.15. The van der Waals surface area contributed by atoms with Crippen LogP contribution in [0.4, 0.5) is 13.6 Å². The van der Waals surface area contributed by atoms with Crippen LogP contribution < -0.4 is 4.72 Å². The standard InChI is InChI=1S/C6H11BrF2N2O4S/c1-15-6(12)10-16(13,14)11(3-2-7)4-5(8)9/h5H,2-4H2,1H3,(H,10,12). The average molecular weight is 325 g/mol. The molecule has 0 saturated carbocycles. The Kier molecular flexibility index (Phi) is 6.76. The summed E-state index contributed by atoms with van der Waals surface area (Å²) >= 11 is 2.92. The van der Waals surface area contributed by atoms with Crippen LogP contribution in [0, 0.1) is 0 Å². The molecule has 0 rings (SSSR count). The number of halogens is 3. The van der Waals surface area contributed by atoms with E-state index in [0.29, 0.717) is 4.31 Å². The number of carbonyl (C=O) groups is 1. The first-order valence-electron chi connectivity index (χ1n) is 4.03. The largest absolute Gasteiger partial charge is 0.452 e. The summed E-state index contributed by atoms with van der Waals surface area (Å²) in [5.41, 5.74) is 0. The minimum Gasteiger partial charge on any atom is -0.452 e. The molecule has 0 aliphatic heterocycles. The molecule has 1 N–H and O–H groups in total. The van der Waals surface area contributed by atoms with Crippen molar-refractivity contribution < 1.29 is 26.7 Å². The maximum absolute atomic E-state index is 12.1. The van der Waals surface area contributed by atoms with Gasteiger partial charge in [0.15, 0.2) is 0 Å². The number of carbonyl (C=O) groups excluding carboxylic acids is 1. The van der Waals surface area contributed by atoms with Gasteiger partial charge < -0.3 is 4.74 Å². The van der Waals surface area contributed by atoms with E-state index in [0.717, 1.165) is 7.11 Å². The van der Waals surface area contributed by atoms with E-state index < -0.39 is 29.3 Å². The lowest BCUT2D eigenvalue weighted by Gasteiger charge is -2.20. The van der Waals surface area contributed by atoms with E-state index in [9.17, 15) is 22.0 Å². The third-order valence-electron chi connectivity index (χ3n) is 1.41. The zero-order valence-electron chi connectivity index (χ0n) is 8.32. The van der Waals surface area contributed by atoms with Gasteiger partial charge in [0.1, 0.15) is 0 Å². The minimum atomic E-state index is -4.29. The van der Waals surface area contributed by atoms with Crippen molar-refractivity contribution in [3.8, 4) is 0 Å². The third-order valence-corrected chi connectivity index (χ3v) is 3.20. The molecule has 6 nitrogen and oxygen atoms in total. The van der Waals surface area contributed by atoms with E-state index in [1.165, 1.54) is 4.72 Å². The molecule has 0 aromatic heterocycles. The predicted octanol–water partition coefficient (Wildman–Crippen LogP) is 0.549. The fourth-order valence-electron chi connectivity index (χ4n) is 0.769. The zero-order chi connectivity index (χ0) is 12.8. The van der Waals surface area contributed by atoms with Gasteiger partial charge in [-0.1, -0.05) is 15.9 Å². The molecule has 0 saturated heterocycles. The van der Waals surface area contributed by atoms with Gasteiger partial charge in [-0.3, -0.25) is 0 Å². The summed E-state index contributed by atoms with van der Waals surface area (Å²) in [6.45, 7) is -1.17. The maximum atomic E-state index is 12.1. The first-order valence-corrected chi connectivity index (χ1v) is 6.59. The van der Waals surface area contributed by atoms with Crippen molar-refractivity contribution in [3.63, 3.8) is 0 Å². The molecule has 96 valence electrons. The van der Waals surface area contributed by atoms with Crippen molar-refractivity contribution in [2.24, 2.45) is 0 Å². The molecule has 0 aromatic rings. The van der Waals surface area contributed by atoms with E-state index in [2.05, 4.69) is 20.7 Å². The van der Waals surface area contributed by atoms with Crippen LogP contribution in [0.1, 0.15) is 0 Å². The highest BCUT2D eigenvalue weighted by Gasteiger charge is 2.26. The molecule has 0 heterocycles. The normalized spacial score (nSPS) is 11.9. The summed E-state index contributed by atoms with van der Waals surface area (Å²) in [6.07, 6.45) is -4.05. The van der Waals surface area contributed by atoms with Crippen molar-refractivity contribution in [1.82, 2.24) is 9.03 Å². The van der Waals surface area contributed by atoms with E-state index in [1.807, 2.05) is 0 Å². The number of rotatable bonds is 6. The van der Waals surface area contributed by atoms with E-state index in [-0.39, 0.29) is 11.9 Å². The molecule has 0 aliphatic carbocycles. The Morgan fingerprint density at radius 2 is 2.12 bits per heavy atom. The Morgan fingerprint density at radius 1 is 1.56 bits per heavy atom. The molecule has 0 aliphatic rings. The topological polar surface area (TPSA) is 75.7 Å². The lowest BCUT2D eigenvalue weighted by molar-refractivity contribution is 0.120. The highest BCUT2D eigenvalue weighted by molar-refractivity contribution is 9.09. The second kappa shape index (κ2) is 6.97. The van der Waals surface area contributed by atoms with Gasteiger partial charge in [-0.05, 0) is 0 Å². The number of amides is 1. The van der Waals surface area contributed by atoms with E-state index >= 15 is 0 Å². The van der Waals surface area contributed by atoms with Crippen molar-refractivity contribution in [2.75, 3.05) is 25.5 Å². The van der Waals surface area contributed by atoms with Gasteiger partial charge in [-0.25, -0.2) is 18.3 Å². The smallest absolute Gasteiger partial charge is 0.421 e. The van der Waals surface area contributed by atoms with Crippen LogP contribution in [0.15, 0.2) is 0 Å². The summed E-state index contributed by atoms with van der Waals surface area (Å²) < 4.78 is 52.9. The number of nitrogens with zero attached hydrogens (tertiary/aromatic N) is 1. The number of hydrogen-bond acceptors (Lipinski definition) is 4. The van der Waals surface area contributed by atoms with Gasteiger partial charge in [0.2, 0.25) is 0 Å². The Morgan fingerprint density at radius 3 is 2.50 bits per heavy atom. The number of nitrogens with one attached hydrogen (secondary N) is 1. The van der Waals surface area contributed by atoms with Crippen molar-refractivity contribution >= 4 is 32.2 Å². The molecule has 0 atom stereocenters. The molecule has 0 spiro atoms. The SMILES string of the molecule is COC(=O)NS(=O)(=O)N(CCBr)CC(F)F. The summed E-state index contributed by atoms with van der Waals surface area (Å²) in [7, 11) is -3.33. The Bertz CT molecular complexity index is 324. The van der Waals surface area contributed by atoms with Gasteiger partial charge in [0.05, 0.1) is 13.7 Å². The van der Waals surface area contributed by atoms with Crippen LogP contribution in [-0.4, -0.2) is 50.8 Å². The van der Waals surface area contributed by atoms with Gasteiger partial charge in [-0.2, -0.15) is 12.7 Å². The van der Waals surface area contributed by atoms with Gasteiger partial charge in [0.25, 0.3) is 6.43 Å². The Labute approximate surface area is 100 Å². The van der Waals surface area contributed by atoms with Gasteiger partial charge in [0, 0.05) is 11.9 Å². The third kappa shape index (κ3) is 5.56. The quantitative estimate of drug-likeness (QED) is 0.724. The lowest BCUT2D eigenvalue weighted by atomic mass is 10.6. The number of alkyl halides is 3. The van der Waals surface area contributed by atoms with Crippen molar-refractivity contribution in [2.45, 2.75) is 6.43 Å². The lowest BCUT2D eigenvalue weighted by Crippen LogP contribution is -2.46. The number of hydrogen-bond donors (Lipinski definition) is 1. The summed E-state index contributed by atoms with van der Waals surface area (Å²) in [5, 5.41) is 0.168. The van der Waals surface area contributed by atoms with Crippen LogP contribution >= 0.6 is 15.9 Å². The van der Waals surface area contributed by atoms with Crippen LogP contribution in [0.2, 0.25) is 0 Å². The first-order chi connectivity index (χ1) is 7.33. The second-order valence-electron chi connectivity index (χ2n) is 2.54. The number of ether oxygens (including phenoxy) is 1. The molecule has 0 aromatic carbocycles. The summed E-state index contributed by atoms with van der Waals surface area (Å²) in [5.74, 6) is 0. The number of methoxy groups -OCH3 is 1. The zero-order valence-corrected chi connectivity index (χ0v) is 10.7. The molecule has 0 unspecified atom stereocenters. The van der Waals surface area contributed by atoms with Gasteiger partial charge >= 0.3 is 16.3 Å². The molecule has 0 bridgehead atoms. The summed E-state index contributed by atoms with van der Waals surface area (Å²) in [4.78, 5) is 10.7. The molecular weight excluding hydrogens is 314 g/mol. The Hall–Kier alpha value is -0.480. The maximum Gasteiger partial charge on any atom is 0.421 e. The highest BCUT2D eigenvalue weighted by atomic mass is 79.9. The molecule has 0 radical (unpaired) electrons. The highest BCUT2D eigenvalue weighted by Crippen LogP contribution is 2.04. The first kappa shape index (κ1) is 15.5. The molecule has 16 heavy (non-hydrogen) atoms. The molecule has 0 fully saturated rings. The second-order valence-corrected chi connectivity index (χ2v) is 5.00. The monoisotopic (exact) mass is 324 g/mol. The van der Waals surface area contributed by atoms with E-state index in [4.69, 9.17) is 0 Å². The molecule has 1 amide bonds. The fourth-order valence-corrected chi connectivity index (χ4v) is 2.50. The predicted molar refractivity (Wildman–Crippen MR) is 55.8 cm³/mol. The van der Waals surface area contributed by atoms with Crippen molar-refractivity contribution in [3.05, 3.63) is 0 Å². The van der Waals surface area contributed by atoms with E-state index in [1.54, 1.807) is 0 Å². The van der Waals surface area contributed by atoms with Gasteiger partial charge in [-0.15, -0.1) is 0 Å². The van der Waals surface area contributed by atoms with Crippen LogP contribution in [0.3, 0.4) is 0 Å². The molecule has 10 heteroatoms. The minimum absolute atomic E-state index is 0.168. The van der Waals surface area contributed by atoms with Crippen LogP contribution in [-0.2, 0) is 14.9 Å². The molecular formula is C6H11BrF2N2O4S. The van der Waals surface area contributed by atoms with Crippen LogP contribution in [0.25, 0.3) is 0 Å².